The van der Waals surface area contributed by atoms with Crippen molar-refractivity contribution in [3.8, 4) is 0 Å². The molecule has 0 saturated carbocycles. The molecule has 0 bridgehead atoms. The maximum atomic E-state index is 10.8. The molecule has 5 nitrogen and oxygen atoms in total. The van der Waals surface area contributed by atoms with Gasteiger partial charge in [-0.25, -0.2) is 0 Å². The standard InChI is InChI=1S/C9H18N2O3/c1-3-4-7(9(13)14)11-6-5-8(12)10-2/h7,11H,3-6H2,1-2H3,(H,10,12)(H,13,14). The van der Waals surface area contributed by atoms with Gasteiger partial charge in [0.15, 0.2) is 0 Å². The molecule has 5 heteroatoms. The van der Waals surface area contributed by atoms with E-state index in [0.717, 1.165) is 6.42 Å². The third-order valence-corrected chi connectivity index (χ3v) is 1.90. The summed E-state index contributed by atoms with van der Waals surface area (Å²) in [5.41, 5.74) is 0. The molecule has 0 aromatic carbocycles. The van der Waals surface area contributed by atoms with Gasteiger partial charge < -0.3 is 15.7 Å². The lowest BCUT2D eigenvalue weighted by molar-refractivity contribution is -0.139. The van der Waals surface area contributed by atoms with E-state index in [0.29, 0.717) is 19.4 Å². The second kappa shape index (κ2) is 7.32. The quantitative estimate of drug-likeness (QED) is 0.541. The number of hydrogen-bond acceptors (Lipinski definition) is 3. The Labute approximate surface area is 83.9 Å². The molecule has 0 fully saturated rings. The predicted octanol–water partition coefficient (Wildman–Crippen LogP) is -0.0346. The third-order valence-electron chi connectivity index (χ3n) is 1.90. The van der Waals surface area contributed by atoms with Crippen molar-refractivity contribution in [3.05, 3.63) is 0 Å². The maximum Gasteiger partial charge on any atom is 0.320 e. The Bertz CT molecular complexity index is 194. The monoisotopic (exact) mass is 202 g/mol. The van der Waals surface area contributed by atoms with Crippen LogP contribution in [0.4, 0.5) is 0 Å². The van der Waals surface area contributed by atoms with Crippen molar-refractivity contribution in [1.82, 2.24) is 10.6 Å². The molecule has 3 N–H and O–H groups in total. The molecule has 0 aliphatic rings. The number of carbonyl (C=O) groups is 2. The fourth-order valence-corrected chi connectivity index (χ4v) is 1.09. The Kier molecular flexibility index (Phi) is 6.74. The highest BCUT2D eigenvalue weighted by atomic mass is 16.4. The molecule has 0 saturated heterocycles. The summed E-state index contributed by atoms with van der Waals surface area (Å²) in [5, 5.41) is 14.1. The second-order valence-electron chi connectivity index (χ2n) is 3.06. The van der Waals surface area contributed by atoms with E-state index in [9.17, 15) is 9.59 Å². The Hall–Kier alpha value is -1.10. The first kappa shape index (κ1) is 12.9. The summed E-state index contributed by atoms with van der Waals surface area (Å²) < 4.78 is 0. The lowest BCUT2D eigenvalue weighted by Gasteiger charge is -2.12. The number of rotatable bonds is 7. The summed E-state index contributed by atoms with van der Waals surface area (Å²) >= 11 is 0. The van der Waals surface area contributed by atoms with Crippen molar-refractivity contribution in [2.75, 3.05) is 13.6 Å². The zero-order valence-electron chi connectivity index (χ0n) is 8.67. The topological polar surface area (TPSA) is 78.4 Å². The molecule has 1 atom stereocenters. The van der Waals surface area contributed by atoms with E-state index in [1.807, 2.05) is 6.92 Å². The number of carboxylic acids is 1. The zero-order chi connectivity index (χ0) is 11.0. The van der Waals surface area contributed by atoms with Gasteiger partial charge in [0.1, 0.15) is 6.04 Å². The molecular weight excluding hydrogens is 184 g/mol. The molecule has 0 rings (SSSR count). The Morgan fingerprint density at radius 3 is 2.50 bits per heavy atom. The highest BCUT2D eigenvalue weighted by molar-refractivity contribution is 5.76. The van der Waals surface area contributed by atoms with Crippen LogP contribution in [0, 0.1) is 0 Å². The Morgan fingerprint density at radius 2 is 2.07 bits per heavy atom. The van der Waals surface area contributed by atoms with Crippen LogP contribution in [-0.4, -0.2) is 36.6 Å². The first-order valence-corrected chi connectivity index (χ1v) is 4.78. The summed E-state index contributed by atoms with van der Waals surface area (Å²) in [6.07, 6.45) is 1.71. The van der Waals surface area contributed by atoms with E-state index in [1.54, 1.807) is 7.05 Å². The van der Waals surface area contributed by atoms with Crippen molar-refractivity contribution in [2.45, 2.75) is 32.2 Å². The van der Waals surface area contributed by atoms with Gasteiger partial charge in [0.2, 0.25) is 5.91 Å². The molecule has 0 aromatic rings. The average Bonchev–Trinajstić information content (AvgIpc) is 2.16. The number of carboxylic acid groups (broad SMARTS) is 1. The molecule has 0 aliphatic heterocycles. The molecule has 14 heavy (non-hydrogen) atoms. The minimum atomic E-state index is -0.858. The lowest BCUT2D eigenvalue weighted by atomic mass is 10.1. The van der Waals surface area contributed by atoms with Gasteiger partial charge in [0.25, 0.3) is 0 Å². The van der Waals surface area contributed by atoms with E-state index in [1.165, 1.54) is 0 Å². The van der Waals surface area contributed by atoms with E-state index < -0.39 is 12.0 Å². The van der Waals surface area contributed by atoms with Crippen LogP contribution in [0.15, 0.2) is 0 Å². The van der Waals surface area contributed by atoms with Crippen LogP contribution in [0.25, 0.3) is 0 Å². The van der Waals surface area contributed by atoms with Gasteiger partial charge in [0, 0.05) is 20.0 Å². The van der Waals surface area contributed by atoms with Crippen LogP contribution in [-0.2, 0) is 9.59 Å². The summed E-state index contributed by atoms with van der Waals surface area (Å²) in [4.78, 5) is 21.5. The van der Waals surface area contributed by atoms with Gasteiger partial charge in [-0.05, 0) is 6.42 Å². The van der Waals surface area contributed by atoms with E-state index >= 15 is 0 Å². The van der Waals surface area contributed by atoms with Crippen molar-refractivity contribution in [1.29, 1.82) is 0 Å². The highest BCUT2D eigenvalue weighted by Gasteiger charge is 2.14. The van der Waals surface area contributed by atoms with Gasteiger partial charge in [0.05, 0.1) is 0 Å². The maximum absolute atomic E-state index is 10.8. The molecule has 0 heterocycles. The van der Waals surface area contributed by atoms with Gasteiger partial charge >= 0.3 is 5.97 Å². The largest absolute Gasteiger partial charge is 0.480 e. The fourth-order valence-electron chi connectivity index (χ4n) is 1.09. The van der Waals surface area contributed by atoms with Gasteiger partial charge in [-0.3, -0.25) is 9.59 Å². The minimum Gasteiger partial charge on any atom is -0.480 e. The molecule has 0 spiro atoms. The highest BCUT2D eigenvalue weighted by Crippen LogP contribution is 1.96. The summed E-state index contributed by atoms with van der Waals surface area (Å²) in [5.74, 6) is -0.943. The van der Waals surface area contributed by atoms with Crippen LogP contribution in [0.3, 0.4) is 0 Å². The molecule has 82 valence electrons. The van der Waals surface area contributed by atoms with Crippen LogP contribution < -0.4 is 10.6 Å². The minimum absolute atomic E-state index is 0.0851. The summed E-state index contributed by atoms with van der Waals surface area (Å²) in [7, 11) is 1.56. The predicted molar refractivity (Wildman–Crippen MR) is 53.0 cm³/mol. The Balaban J connectivity index is 3.71. The summed E-state index contributed by atoms with van der Waals surface area (Å²) in [6.45, 7) is 2.33. The normalized spacial score (nSPS) is 12.1. The van der Waals surface area contributed by atoms with E-state index in [2.05, 4.69) is 10.6 Å². The van der Waals surface area contributed by atoms with E-state index in [-0.39, 0.29) is 5.91 Å². The SMILES string of the molecule is CCCC(NCCC(=O)NC)C(=O)O. The van der Waals surface area contributed by atoms with Crippen LogP contribution in [0.1, 0.15) is 26.2 Å². The number of hydrogen-bond donors (Lipinski definition) is 3. The molecule has 0 radical (unpaired) electrons. The van der Waals surface area contributed by atoms with Crippen LogP contribution in [0.5, 0.6) is 0 Å². The zero-order valence-corrected chi connectivity index (χ0v) is 8.67. The van der Waals surface area contributed by atoms with Gasteiger partial charge in [-0.15, -0.1) is 0 Å². The van der Waals surface area contributed by atoms with Crippen molar-refractivity contribution in [2.24, 2.45) is 0 Å². The lowest BCUT2D eigenvalue weighted by Crippen LogP contribution is -2.38. The molecule has 0 aromatic heterocycles. The van der Waals surface area contributed by atoms with Gasteiger partial charge in [-0.1, -0.05) is 13.3 Å². The first-order valence-electron chi connectivity index (χ1n) is 4.78. The van der Waals surface area contributed by atoms with E-state index in [4.69, 9.17) is 5.11 Å². The smallest absolute Gasteiger partial charge is 0.320 e. The number of nitrogens with one attached hydrogen (secondary N) is 2. The first-order chi connectivity index (χ1) is 6.61. The number of carbonyl (C=O) groups excluding carboxylic acids is 1. The third kappa shape index (κ3) is 5.53. The van der Waals surface area contributed by atoms with Crippen LogP contribution >= 0.6 is 0 Å². The van der Waals surface area contributed by atoms with Crippen molar-refractivity contribution >= 4 is 11.9 Å². The Morgan fingerprint density at radius 1 is 1.43 bits per heavy atom. The molecule has 1 unspecified atom stereocenters. The van der Waals surface area contributed by atoms with Crippen molar-refractivity contribution in [3.63, 3.8) is 0 Å². The molecular formula is C9H18N2O3. The summed E-state index contributed by atoms with van der Waals surface area (Å²) in [6, 6.07) is -0.537. The number of amides is 1. The molecule has 1 amide bonds. The van der Waals surface area contributed by atoms with Gasteiger partial charge in [-0.2, -0.15) is 0 Å². The molecule has 0 aliphatic carbocycles. The van der Waals surface area contributed by atoms with Crippen molar-refractivity contribution < 1.29 is 14.7 Å². The average molecular weight is 202 g/mol. The second-order valence-corrected chi connectivity index (χ2v) is 3.06. The number of aliphatic carboxylic acids is 1. The van der Waals surface area contributed by atoms with Crippen LogP contribution in [0.2, 0.25) is 0 Å². The fraction of sp³-hybridized carbons (Fsp3) is 0.778.